The SMILES string of the molecule is CCc1cc(N2CCNCC2)ccc1Nc1ncc(C(F)(F)F)c(-c2cc3c(s2)CSCCS3)n1. The van der Waals surface area contributed by atoms with Crippen LogP contribution in [0.3, 0.4) is 0 Å². The van der Waals surface area contributed by atoms with Crippen molar-refractivity contribution in [1.29, 1.82) is 0 Å². The number of halogens is 3. The molecule has 0 unspecified atom stereocenters. The largest absolute Gasteiger partial charge is 0.420 e. The molecule has 0 amide bonds. The van der Waals surface area contributed by atoms with Crippen LogP contribution in [-0.4, -0.2) is 47.7 Å². The number of nitrogens with zero attached hydrogens (tertiary/aromatic N) is 3. The fourth-order valence-corrected chi connectivity index (χ4v) is 7.95. The molecular weight excluding hydrogens is 511 g/mol. The topological polar surface area (TPSA) is 53.1 Å². The first-order valence-corrected chi connectivity index (χ1v) is 14.5. The Bertz CT molecular complexity index is 1170. The summed E-state index contributed by atoms with van der Waals surface area (Å²) in [7, 11) is 0. The van der Waals surface area contributed by atoms with Crippen molar-refractivity contribution in [2.45, 2.75) is 30.2 Å². The van der Waals surface area contributed by atoms with Crippen LogP contribution in [0.25, 0.3) is 10.6 Å². The molecule has 5 rings (SSSR count). The maximum absolute atomic E-state index is 13.9. The summed E-state index contributed by atoms with van der Waals surface area (Å²) in [4.78, 5) is 13.5. The molecule has 0 spiro atoms. The molecule has 11 heteroatoms. The van der Waals surface area contributed by atoms with Crippen molar-refractivity contribution < 1.29 is 13.2 Å². The van der Waals surface area contributed by atoms with Gasteiger partial charge < -0.3 is 15.5 Å². The Morgan fingerprint density at radius 1 is 1.14 bits per heavy atom. The van der Waals surface area contributed by atoms with Crippen LogP contribution in [0.1, 0.15) is 22.9 Å². The highest BCUT2D eigenvalue weighted by molar-refractivity contribution is 8.03. The Morgan fingerprint density at radius 2 is 1.97 bits per heavy atom. The number of piperazine rings is 1. The van der Waals surface area contributed by atoms with E-state index in [9.17, 15) is 13.2 Å². The highest BCUT2D eigenvalue weighted by Gasteiger charge is 2.36. The number of aryl methyl sites for hydroxylation is 1. The second-order valence-electron chi connectivity index (χ2n) is 8.31. The number of rotatable bonds is 5. The van der Waals surface area contributed by atoms with Crippen molar-refractivity contribution in [2.24, 2.45) is 0 Å². The fourth-order valence-electron chi connectivity index (χ4n) is 4.20. The lowest BCUT2D eigenvalue weighted by molar-refractivity contribution is -0.137. The second kappa shape index (κ2) is 10.6. The number of anilines is 3. The fraction of sp³-hybridized carbons (Fsp3) is 0.417. The van der Waals surface area contributed by atoms with Gasteiger partial charge in [-0.3, -0.25) is 0 Å². The zero-order valence-corrected chi connectivity index (χ0v) is 21.7. The number of hydrogen-bond acceptors (Lipinski definition) is 8. The van der Waals surface area contributed by atoms with Crippen LogP contribution in [0.4, 0.5) is 30.5 Å². The molecule has 35 heavy (non-hydrogen) atoms. The lowest BCUT2D eigenvalue weighted by Crippen LogP contribution is -2.43. The summed E-state index contributed by atoms with van der Waals surface area (Å²) in [6.07, 6.45) is -2.85. The minimum atomic E-state index is -4.53. The molecule has 2 aromatic heterocycles. The van der Waals surface area contributed by atoms with E-state index in [1.54, 1.807) is 11.8 Å². The lowest BCUT2D eigenvalue weighted by Gasteiger charge is -2.30. The standard InChI is InChI=1S/C24H26F3N5S3/c1-2-15-11-16(32-7-5-28-6-8-32)3-4-18(15)30-23-29-13-17(24(25,26)27)22(31-23)20-12-19-21(35-20)14-33-9-10-34-19/h3-4,11-13,28H,2,5-10,14H2,1H3,(H,29,30,31). The summed E-state index contributed by atoms with van der Waals surface area (Å²) in [5, 5.41) is 6.55. The van der Waals surface area contributed by atoms with Gasteiger partial charge in [0, 0.05) is 70.8 Å². The highest BCUT2D eigenvalue weighted by Crippen LogP contribution is 2.44. The molecular formula is C24H26F3N5S3. The summed E-state index contributed by atoms with van der Waals surface area (Å²) in [5.74, 6) is 3.00. The van der Waals surface area contributed by atoms with Crippen LogP contribution < -0.4 is 15.5 Å². The Labute approximate surface area is 215 Å². The zero-order valence-electron chi connectivity index (χ0n) is 19.2. The van der Waals surface area contributed by atoms with Gasteiger partial charge in [0.2, 0.25) is 5.95 Å². The van der Waals surface area contributed by atoms with Crippen LogP contribution in [0.5, 0.6) is 0 Å². The molecule has 1 saturated heterocycles. The number of hydrogen-bond donors (Lipinski definition) is 2. The summed E-state index contributed by atoms with van der Waals surface area (Å²) < 4.78 is 41.6. The number of aromatic nitrogens is 2. The number of benzene rings is 1. The smallest absolute Gasteiger partial charge is 0.369 e. The molecule has 4 heterocycles. The van der Waals surface area contributed by atoms with Crippen molar-refractivity contribution in [3.05, 3.63) is 46.5 Å². The maximum atomic E-state index is 13.9. The van der Waals surface area contributed by atoms with Crippen LogP contribution in [-0.2, 0) is 18.3 Å². The third-order valence-electron chi connectivity index (χ3n) is 6.01. The molecule has 1 aromatic carbocycles. The number of nitrogens with one attached hydrogen (secondary N) is 2. The van der Waals surface area contributed by atoms with E-state index in [-0.39, 0.29) is 11.6 Å². The van der Waals surface area contributed by atoms with Gasteiger partial charge in [0.05, 0.1) is 10.6 Å². The van der Waals surface area contributed by atoms with E-state index >= 15 is 0 Å². The first-order chi connectivity index (χ1) is 16.9. The van der Waals surface area contributed by atoms with E-state index in [0.717, 1.165) is 82.8 Å². The molecule has 0 aliphatic carbocycles. The zero-order chi connectivity index (χ0) is 24.4. The van der Waals surface area contributed by atoms with Crippen LogP contribution in [0, 0.1) is 0 Å². The third kappa shape index (κ3) is 5.58. The molecule has 0 atom stereocenters. The number of thiophene rings is 1. The highest BCUT2D eigenvalue weighted by atomic mass is 32.2. The van der Waals surface area contributed by atoms with E-state index in [4.69, 9.17) is 0 Å². The van der Waals surface area contributed by atoms with Crippen LogP contribution in [0.15, 0.2) is 35.4 Å². The molecule has 0 saturated carbocycles. The van der Waals surface area contributed by atoms with E-state index in [0.29, 0.717) is 4.88 Å². The minimum Gasteiger partial charge on any atom is -0.369 e. The first kappa shape index (κ1) is 24.7. The average molecular weight is 538 g/mol. The summed E-state index contributed by atoms with van der Waals surface area (Å²) in [5.41, 5.74) is 2.17. The maximum Gasteiger partial charge on any atom is 0.420 e. The molecule has 3 aromatic rings. The number of thioether (sulfide) groups is 2. The predicted octanol–water partition coefficient (Wildman–Crippen LogP) is 6.28. The van der Waals surface area contributed by atoms with Crippen molar-refractivity contribution in [3.8, 4) is 10.6 Å². The van der Waals surface area contributed by atoms with Gasteiger partial charge in [0.15, 0.2) is 0 Å². The van der Waals surface area contributed by atoms with E-state index in [1.165, 1.54) is 11.3 Å². The van der Waals surface area contributed by atoms with Crippen molar-refractivity contribution in [2.75, 3.05) is 47.9 Å². The quantitative estimate of drug-likeness (QED) is 0.397. The van der Waals surface area contributed by atoms with E-state index in [1.807, 2.05) is 30.0 Å². The van der Waals surface area contributed by atoms with Gasteiger partial charge in [0.1, 0.15) is 5.56 Å². The summed E-state index contributed by atoms with van der Waals surface area (Å²) >= 11 is 4.92. The Morgan fingerprint density at radius 3 is 2.74 bits per heavy atom. The summed E-state index contributed by atoms with van der Waals surface area (Å²) in [6.45, 7) is 5.86. The van der Waals surface area contributed by atoms with Gasteiger partial charge in [0.25, 0.3) is 0 Å². The normalized spacial score (nSPS) is 16.6. The van der Waals surface area contributed by atoms with E-state index < -0.39 is 11.7 Å². The monoisotopic (exact) mass is 537 g/mol. The van der Waals surface area contributed by atoms with Crippen LogP contribution >= 0.6 is 34.9 Å². The summed E-state index contributed by atoms with van der Waals surface area (Å²) in [6, 6.07) is 8.02. The van der Waals surface area contributed by atoms with Crippen molar-refractivity contribution in [3.63, 3.8) is 0 Å². The Balaban J connectivity index is 1.47. The van der Waals surface area contributed by atoms with Crippen molar-refractivity contribution >= 4 is 52.2 Å². The minimum absolute atomic E-state index is 0.0610. The van der Waals surface area contributed by atoms with Gasteiger partial charge >= 0.3 is 6.18 Å². The number of alkyl halides is 3. The second-order valence-corrected chi connectivity index (χ2v) is 11.7. The molecule has 5 nitrogen and oxygen atoms in total. The van der Waals surface area contributed by atoms with Crippen LogP contribution in [0.2, 0.25) is 0 Å². The van der Waals surface area contributed by atoms with Gasteiger partial charge in [-0.05, 0) is 36.2 Å². The van der Waals surface area contributed by atoms with E-state index in [2.05, 4.69) is 38.5 Å². The Kier molecular flexibility index (Phi) is 7.47. The molecule has 186 valence electrons. The molecule has 2 aliphatic rings. The molecule has 0 bridgehead atoms. The van der Waals surface area contributed by atoms with Gasteiger partial charge in [-0.1, -0.05) is 6.92 Å². The number of fused-ring (bicyclic) bond motifs is 1. The Hall–Kier alpha value is -1.95. The lowest BCUT2D eigenvalue weighted by atomic mass is 10.1. The average Bonchev–Trinajstić information content (AvgIpc) is 3.14. The van der Waals surface area contributed by atoms with Gasteiger partial charge in [-0.2, -0.15) is 24.9 Å². The molecule has 1 fully saturated rings. The van der Waals surface area contributed by atoms with Gasteiger partial charge in [-0.15, -0.1) is 23.1 Å². The predicted molar refractivity (Wildman–Crippen MR) is 141 cm³/mol. The first-order valence-electron chi connectivity index (χ1n) is 11.6. The third-order valence-corrected chi connectivity index (χ3v) is 9.80. The molecule has 0 radical (unpaired) electrons. The molecule has 2 aliphatic heterocycles. The molecule has 2 N–H and O–H groups in total. The van der Waals surface area contributed by atoms with Gasteiger partial charge in [-0.25, -0.2) is 9.97 Å². The van der Waals surface area contributed by atoms with Crippen molar-refractivity contribution in [1.82, 2.24) is 15.3 Å².